The highest BCUT2D eigenvalue weighted by Gasteiger charge is 2.34. The molecule has 7 nitrogen and oxygen atoms in total. The second-order valence-corrected chi connectivity index (χ2v) is 10.7. The van der Waals surface area contributed by atoms with Crippen LogP contribution in [0, 0.1) is 11.7 Å². The number of carbonyl (C=O) groups excluding carboxylic acids is 2. The van der Waals surface area contributed by atoms with Crippen molar-refractivity contribution < 1.29 is 31.9 Å². The number of ether oxygens (including phenoxy) is 1. The molecule has 1 unspecified atom stereocenters. The van der Waals surface area contributed by atoms with Crippen molar-refractivity contribution in [2.75, 3.05) is 45.2 Å². The number of hydrogen-bond acceptors (Lipinski definition) is 6. The summed E-state index contributed by atoms with van der Waals surface area (Å²) in [7, 11) is 3.75. The Bertz CT molecular complexity index is 1360. The highest BCUT2D eigenvalue weighted by Crippen LogP contribution is 2.32. The maximum absolute atomic E-state index is 13.0. The zero-order valence-corrected chi connectivity index (χ0v) is 25.2. The molecule has 3 aromatic rings. The smallest absolute Gasteiger partial charge is 0.417 e. The van der Waals surface area contributed by atoms with E-state index >= 15 is 0 Å². The molecule has 1 amide bonds. The van der Waals surface area contributed by atoms with Gasteiger partial charge >= 0.3 is 6.18 Å². The molecule has 0 saturated carbocycles. The molecule has 0 radical (unpaired) electrons. The molecule has 3 heterocycles. The van der Waals surface area contributed by atoms with E-state index in [1.165, 1.54) is 41.8 Å². The van der Waals surface area contributed by atoms with E-state index in [4.69, 9.17) is 16.3 Å². The van der Waals surface area contributed by atoms with E-state index in [0.717, 1.165) is 38.0 Å². The van der Waals surface area contributed by atoms with Gasteiger partial charge in [0.25, 0.3) is 0 Å². The summed E-state index contributed by atoms with van der Waals surface area (Å²) in [5.41, 5.74) is 0.457. The molecule has 1 N–H and O–H groups in total. The molecule has 2 saturated heterocycles. The first kappa shape index (κ1) is 34.6. The topological polar surface area (TPSA) is 74.8 Å². The highest BCUT2D eigenvalue weighted by molar-refractivity contribution is 6.30. The number of nitrogens with zero attached hydrogens (tertiary/aromatic N) is 3. The number of hydrogen-bond donors (Lipinski definition) is 1. The zero-order valence-electron chi connectivity index (χ0n) is 24.5. The van der Waals surface area contributed by atoms with Crippen LogP contribution in [-0.4, -0.2) is 62.0 Å². The van der Waals surface area contributed by atoms with Gasteiger partial charge in [-0.05, 0) is 87.5 Å². The lowest BCUT2D eigenvalue weighted by Crippen LogP contribution is -2.42. The van der Waals surface area contributed by atoms with Gasteiger partial charge in [-0.1, -0.05) is 23.7 Å². The number of likely N-dealkylation sites (tertiary alicyclic amines) is 1. The molecule has 44 heavy (non-hydrogen) atoms. The first-order valence-corrected chi connectivity index (χ1v) is 14.5. The monoisotopic (exact) mass is 634 g/mol. The molecule has 0 bridgehead atoms. The van der Waals surface area contributed by atoms with Crippen LogP contribution in [0.15, 0.2) is 73.1 Å². The summed E-state index contributed by atoms with van der Waals surface area (Å²) in [5, 5.41) is 3.46. The Kier molecular flexibility index (Phi) is 13.2. The fraction of sp³-hybridized carbons (Fsp3) is 0.375. The van der Waals surface area contributed by atoms with Gasteiger partial charge in [-0.15, -0.1) is 0 Å². The molecular weight excluding hydrogens is 600 g/mol. The number of aromatic nitrogens is 1. The van der Waals surface area contributed by atoms with Gasteiger partial charge in [-0.2, -0.15) is 13.2 Å². The minimum Gasteiger partial charge on any atom is -0.453 e. The molecule has 236 valence electrons. The quantitative estimate of drug-likeness (QED) is 0.200. The number of nitrogens with one attached hydrogen (secondary N) is 1. The Balaban J connectivity index is 0.000000315. The van der Waals surface area contributed by atoms with Crippen LogP contribution in [-0.2, 0) is 15.8 Å². The van der Waals surface area contributed by atoms with Crippen molar-refractivity contribution in [3.8, 4) is 5.75 Å². The summed E-state index contributed by atoms with van der Waals surface area (Å²) in [6, 6.07) is 15.6. The Labute approximate surface area is 259 Å². The maximum atomic E-state index is 13.0. The molecule has 0 aliphatic carbocycles. The van der Waals surface area contributed by atoms with Gasteiger partial charge in [0.1, 0.15) is 17.4 Å². The van der Waals surface area contributed by atoms with Crippen LogP contribution in [0.2, 0.25) is 5.02 Å². The number of halogens is 5. The summed E-state index contributed by atoms with van der Waals surface area (Å²) in [6.07, 6.45) is -0.333. The van der Waals surface area contributed by atoms with Gasteiger partial charge in [-0.25, -0.2) is 14.2 Å². The fourth-order valence-corrected chi connectivity index (χ4v) is 5.05. The minimum atomic E-state index is -4.38. The molecule has 2 fully saturated rings. The number of carbonyl (C=O) groups is 1. The molecule has 2 aromatic carbocycles. The minimum absolute atomic E-state index is 0.0420. The van der Waals surface area contributed by atoms with Crippen molar-refractivity contribution in [2.45, 2.75) is 31.4 Å². The second-order valence-electron chi connectivity index (χ2n) is 10.3. The standard InChI is InChI=1S/C22H23ClF3N3O.C8H5FO2.C2H7N/c23-19-4-1-15(2-5-19)17-9-12-29(14-17)21(30)16-7-10-28(11-8-16)20-6-3-18(13-27-20)22(24,25)26;9-7-1-3-8(4-2-7)11-6-5-10;1-3-2/h1-6,13,16-17H,7-12,14H2;1-4,6H;3H,1-2H3. The lowest BCUT2D eigenvalue weighted by Gasteiger charge is -2.34. The molecule has 12 heteroatoms. The van der Waals surface area contributed by atoms with Crippen LogP contribution in [0.25, 0.3) is 0 Å². The van der Waals surface area contributed by atoms with E-state index in [-0.39, 0.29) is 17.6 Å². The summed E-state index contributed by atoms with van der Waals surface area (Å²) >= 11 is 5.96. The lowest BCUT2D eigenvalue weighted by molar-refractivity contribution is -0.138. The SMILES string of the molecule is CNC.O=C(C1CCN(c2ccc(C(F)(F)F)cn2)CC1)N1CCC(c2ccc(Cl)cc2)C1.O=C=COc1ccc(F)cc1. The van der Waals surface area contributed by atoms with E-state index < -0.39 is 11.7 Å². The highest BCUT2D eigenvalue weighted by atomic mass is 35.5. The predicted molar refractivity (Wildman–Crippen MR) is 162 cm³/mol. The predicted octanol–water partition coefficient (Wildman–Crippen LogP) is 6.37. The van der Waals surface area contributed by atoms with E-state index in [9.17, 15) is 27.2 Å². The Morgan fingerprint density at radius 1 is 1.00 bits per heavy atom. The summed E-state index contributed by atoms with van der Waals surface area (Å²) < 4.78 is 55.1. The first-order chi connectivity index (χ1) is 21.0. The maximum Gasteiger partial charge on any atom is 0.417 e. The Morgan fingerprint density at radius 2 is 1.64 bits per heavy atom. The van der Waals surface area contributed by atoms with Crippen LogP contribution in [0.5, 0.6) is 5.75 Å². The van der Waals surface area contributed by atoms with Crippen LogP contribution in [0.3, 0.4) is 0 Å². The molecule has 0 spiro atoms. The number of alkyl halides is 3. The van der Waals surface area contributed by atoms with E-state index in [0.29, 0.717) is 48.4 Å². The number of rotatable bonds is 5. The van der Waals surface area contributed by atoms with Gasteiger partial charge in [0, 0.05) is 49.2 Å². The Morgan fingerprint density at radius 3 is 2.18 bits per heavy atom. The van der Waals surface area contributed by atoms with E-state index in [1.54, 1.807) is 0 Å². The van der Waals surface area contributed by atoms with Gasteiger partial charge in [0.05, 0.1) is 5.56 Å². The molecular formula is C32H35ClF4N4O3. The molecule has 1 atom stereocenters. The largest absolute Gasteiger partial charge is 0.453 e. The van der Waals surface area contributed by atoms with Crippen LogP contribution >= 0.6 is 11.6 Å². The fourth-order valence-electron chi connectivity index (χ4n) is 4.93. The van der Waals surface area contributed by atoms with E-state index in [2.05, 4.69) is 10.3 Å². The number of pyridine rings is 1. The van der Waals surface area contributed by atoms with Gasteiger partial charge in [-0.3, -0.25) is 4.79 Å². The van der Waals surface area contributed by atoms with Gasteiger partial charge < -0.3 is 19.9 Å². The summed E-state index contributed by atoms with van der Waals surface area (Å²) in [4.78, 5) is 30.5. The third-order valence-corrected chi connectivity index (χ3v) is 7.39. The Hall–Kier alpha value is -3.92. The first-order valence-electron chi connectivity index (χ1n) is 14.1. The third-order valence-electron chi connectivity index (χ3n) is 7.14. The van der Waals surface area contributed by atoms with Crippen LogP contribution in [0.4, 0.5) is 23.4 Å². The van der Waals surface area contributed by atoms with Crippen molar-refractivity contribution in [2.24, 2.45) is 5.92 Å². The van der Waals surface area contributed by atoms with Crippen molar-refractivity contribution >= 4 is 29.3 Å². The normalized spacial score (nSPS) is 16.6. The number of benzene rings is 2. The van der Waals surface area contributed by atoms with Crippen molar-refractivity contribution in [1.82, 2.24) is 15.2 Å². The second kappa shape index (κ2) is 16.8. The molecule has 2 aliphatic heterocycles. The number of anilines is 1. The van der Waals surface area contributed by atoms with E-state index in [1.807, 2.05) is 48.2 Å². The average Bonchev–Trinajstić information content (AvgIpc) is 3.52. The lowest BCUT2D eigenvalue weighted by atomic mass is 9.95. The van der Waals surface area contributed by atoms with Crippen molar-refractivity contribution in [3.05, 3.63) is 95.1 Å². The van der Waals surface area contributed by atoms with Gasteiger partial charge in [0.2, 0.25) is 5.91 Å². The number of piperidine rings is 1. The van der Waals surface area contributed by atoms with Crippen LogP contribution in [0.1, 0.15) is 36.3 Å². The number of amides is 1. The molecule has 1 aromatic heterocycles. The summed E-state index contributed by atoms with van der Waals surface area (Å²) in [6.45, 7) is 2.71. The average molecular weight is 635 g/mol. The summed E-state index contributed by atoms with van der Waals surface area (Å²) in [5.74, 6) is 2.52. The van der Waals surface area contributed by atoms with Crippen molar-refractivity contribution in [1.29, 1.82) is 0 Å². The molecule has 2 aliphatic rings. The molecule has 5 rings (SSSR count). The van der Waals surface area contributed by atoms with Crippen LogP contribution < -0.4 is 15.0 Å². The van der Waals surface area contributed by atoms with Crippen molar-refractivity contribution in [3.63, 3.8) is 0 Å². The zero-order chi connectivity index (χ0) is 32.1. The third kappa shape index (κ3) is 10.4. The van der Waals surface area contributed by atoms with Gasteiger partial charge in [0.15, 0.2) is 12.2 Å².